The maximum atomic E-state index is 8.83. The van der Waals surface area contributed by atoms with Gasteiger partial charge >= 0.3 is 0 Å². The van der Waals surface area contributed by atoms with Gasteiger partial charge in [0.05, 0.1) is 17.8 Å². The predicted octanol–water partition coefficient (Wildman–Crippen LogP) is 1.35. The minimum absolute atomic E-state index is 0.226. The van der Waals surface area contributed by atoms with Crippen molar-refractivity contribution in [3.8, 4) is 0 Å². The molecule has 0 aliphatic heterocycles. The van der Waals surface area contributed by atoms with Crippen molar-refractivity contribution in [2.45, 2.75) is 19.9 Å². The van der Waals surface area contributed by atoms with Crippen LogP contribution in [-0.4, -0.2) is 34.7 Å². The fourth-order valence-corrected chi connectivity index (χ4v) is 1.82. The summed E-state index contributed by atoms with van der Waals surface area (Å²) in [5, 5.41) is 10.9. The Morgan fingerprint density at radius 2 is 2.38 bits per heavy atom. The Morgan fingerprint density at radius 3 is 2.92 bits per heavy atom. The molecule has 0 atom stereocenters. The minimum Gasteiger partial charge on any atom is -0.395 e. The molecule has 0 aromatic carbocycles. The SMILES string of the molecule is CCCN(CCO)Cc1cscn1. The molecule has 74 valence electrons. The van der Waals surface area contributed by atoms with Crippen LogP contribution in [0.2, 0.25) is 0 Å². The molecule has 1 aromatic heterocycles. The van der Waals surface area contributed by atoms with Crippen molar-refractivity contribution in [3.63, 3.8) is 0 Å². The van der Waals surface area contributed by atoms with Crippen molar-refractivity contribution in [2.24, 2.45) is 0 Å². The van der Waals surface area contributed by atoms with Crippen molar-refractivity contribution < 1.29 is 5.11 Å². The Balaban J connectivity index is 2.37. The number of thiazole rings is 1. The Bertz CT molecular complexity index is 207. The van der Waals surface area contributed by atoms with Crippen LogP contribution >= 0.6 is 11.3 Å². The van der Waals surface area contributed by atoms with Gasteiger partial charge in [0, 0.05) is 18.5 Å². The largest absolute Gasteiger partial charge is 0.395 e. The quantitative estimate of drug-likeness (QED) is 0.753. The lowest BCUT2D eigenvalue weighted by molar-refractivity contribution is 0.189. The molecule has 1 rings (SSSR count). The average molecular weight is 200 g/mol. The van der Waals surface area contributed by atoms with Crippen molar-refractivity contribution >= 4 is 11.3 Å². The summed E-state index contributed by atoms with van der Waals surface area (Å²) in [7, 11) is 0. The van der Waals surface area contributed by atoms with E-state index in [0.717, 1.165) is 31.7 Å². The van der Waals surface area contributed by atoms with Gasteiger partial charge in [-0.2, -0.15) is 0 Å². The molecule has 0 amide bonds. The fourth-order valence-electron chi connectivity index (χ4n) is 1.27. The van der Waals surface area contributed by atoms with Gasteiger partial charge in [-0.25, -0.2) is 4.98 Å². The van der Waals surface area contributed by atoms with E-state index in [-0.39, 0.29) is 6.61 Å². The lowest BCUT2D eigenvalue weighted by Gasteiger charge is -2.18. The molecule has 0 bridgehead atoms. The topological polar surface area (TPSA) is 36.4 Å². The van der Waals surface area contributed by atoms with Crippen molar-refractivity contribution in [1.29, 1.82) is 0 Å². The highest BCUT2D eigenvalue weighted by atomic mass is 32.1. The second kappa shape index (κ2) is 6.07. The van der Waals surface area contributed by atoms with Crippen molar-refractivity contribution in [3.05, 3.63) is 16.6 Å². The molecule has 1 aromatic rings. The molecule has 0 unspecified atom stereocenters. The van der Waals surface area contributed by atoms with E-state index in [4.69, 9.17) is 5.11 Å². The normalized spacial score (nSPS) is 11.0. The molecule has 0 radical (unpaired) electrons. The Morgan fingerprint density at radius 1 is 1.54 bits per heavy atom. The lowest BCUT2D eigenvalue weighted by atomic mass is 10.3. The molecule has 1 N–H and O–H groups in total. The highest BCUT2D eigenvalue weighted by molar-refractivity contribution is 7.07. The van der Waals surface area contributed by atoms with Crippen LogP contribution in [0.15, 0.2) is 10.9 Å². The van der Waals surface area contributed by atoms with Gasteiger partial charge in [-0.1, -0.05) is 6.92 Å². The van der Waals surface area contributed by atoms with E-state index < -0.39 is 0 Å². The Labute approximate surface area is 83.0 Å². The van der Waals surface area contributed by atoms with E-state index >= 15 is 0 Å². The van der Waals surface area contributed by atoms with Gasteiger partial charge < -0.3 is 5.11 Å². The third-order valence-corrected chi connectivity index (χ3v) is 2.46. The van der Waals surface area contributed by atoms with E-state index in [1.54, 1.807) is 11.3 Å². The van der Waals surface area contributed by atoms with Crippen molar-refractivity contribution in [2.75, 3.05) is 19.7 Å². The van der Waals surface area contributed by atoms with Gasteiger partial charge in [0.2, 0.25) is 0 Å². The van der Waals surface area contributed by atoms with Crippen LogP contribution in [-0.2, 0) is 6.54 Å². The van der Waals surface area contributed by atoms with Crippen LogP contribution in [0.25, 0.3) is 0 Å². The zero-order valence-corrected chi connectivity index (χ0v) is 8.76. The first-order chi connectivity index (χ1) is 6.36. The maximum Gasteiger partial charge on any atom is 0.0795 e. The predicted molar refractivity (Wildman–Crippen MR) is 54.8 cm³/mol. The third kappa shape index (κ3) is 3.85. The van der Waals surface area contributed by atoms with Crippen LogP contribution in [0.5, 0.6) is 0 Å². The van der Waals surface area contributed by atoms with Crippen LogP contribution in [0.4, 0.5) is 0 Å². The molecule has 3 nitrogen and oxygen atoms in total. The monoisotopic (exact) mass is 200 g/mol. The first kappa shape index (κ1) is 10.6. The van der Waals surface area contributed by atoms with E-state index in [0.29, 0.717) is 0 Å². The number of aromatic nitrogens is 1. The first-order valence-corrected chi connectivity index (χ1v) is 5.51. The van der Waals surface area contributed by atoms with Gasteiger partial charge in [-0.15, -0.1) is 11.3 Å². The Kier molecular flexibility index (Phi) is 4.97. The average Bonchev–Trinajstić information content (AvgIpc) is 2.58. The molecule has 0 saturated heterocycles. The summed E-state index contributed by atoms with van der Waals surface area (Å²) in [4.78, 5) is 6.43. The zero-order valence-electron chi connectivity index (χ0n) is 7.94. The number of aliphatic hydroxyl groups is 1. The molecular formula is C9H16N2OS. The van der Waals surface area contributed by atoms with Crippen LogP contribution in [0.3, 0.4) is 0 Å². The van der Waals surface area contributed by atoms with Crippen LogP contribution < -0.4 is 0 Å². The molecule has 1 heterocycles. The van der Waals surface area contributed by atoms with E-state index in [2.05, 4.69) is 22.2 Å². The number of nitrogens with zero attached hydrogens (tertiary/aromatic N) is 2. The molecule has 0 aliphatic rings. The third-order valence-electron chi connectivity index (χ3n) is 1.83. The van der Waals surface area contributed by atoms with Gasteiger partial charge in [0.15, 0.2) is 0 Å². The molecule has 4 heteroatoms. The second-order valence-electron chi connectivity index (χ2n) is 2.98. The molecule has 0 saturated carbocycles. The molecule has 0 aliphatic carbocycles. The van der Waals surface area contributed by atoms with E-state index in [1.165, 1.54) is 0 Å². The van der Waals surface area contributed by atoms with Gasteiger partial charge in [-0.3, -0.25) is 4.90 Å². The standard InChI is InChI=1S/C9H16N2OS/c1-2-3-11(4-5-12)6-9-7-13-8-10-9/h7-8,12H,2-6H2,1H3. The van der Waals surface area contributed by atoms with Crippen LogP contribution in [0, 0.1) is 0 Å². The zero-order chi connectivity index (χ0) is 9.52. The smallest absolute Gasteiger partial charge is 0.0795 e. The molecule has 0 fully saturated rings. The summed E-state index contributed by atoms with van der Waals surface area (Å²) in [6.45, 7) is 5.00. The summed E-state index contributed by atoms with van der Waals surface area (Å²) in [5.74, 6) is 0. The molecular weight excluding hydrogens is 184 g/mol. The summed E-state index contributed by atoms with van der Waals surface area (Å²) < 4.78 is 0. The highest BCUT2D eigenvalue weighted by Gasteiger charge is 2.04. The summed E-state index contributed by atoms with van der Waals surface area (Å²) in [5.41, 5.74) is 2.95. The second-order valence-corrected chi connectivity index (χ2v) is 3.70. The van der Waals surface area contributed by atoms with E-state index in [9.17, 15) is 0 Å². The van der Waals surface area contributed by atoms with Crippen LogP contribution in [0.1, 0.15) is 19.0 Å². The van der Waals surface area contributed by atoms with E-state index in [1.807, 2.05) is 5.51 Å². The fraction of sp³-hybridized carbons (Fsp3) is 0.667. The number of hydrogen-bond acceptors (Lipinski definition) is 4. The van der Waals surface area contributed by atoms with Gasteiger partial charge in [-0.05, 0) is 13.0 Å². The number of rotatable bonds is 6. The number of aliphatic hydroxyl groups excluding tert-OH is 1. The lowest BCUT2D eigenvalue weighted by Crippen LogP contribution is -2.27. The summed E-state index contributed by atoms with van der Waals surface area (Å²) >= 11 is 1.62. The number of hydrogen-bond donors (Lipinski definition) is 1. The molecule has 13 heavy (non-hydrogen) atoms. The summed E-state index contributed by atoms with van der Waals surface area (Å²) in [6, 6.07) is 0. The maximum absolute atomic E-state index is 8.83. The van der Waals surface area contributed by atoms with Gasteiger partial charge in [0.25, 0.3) is 0 Å². The summed E-state index contributed by atoms with van der Waals surface area (Å²) in [6.07, 6.45) is 1.12. The highest BCUT2D eigenvalue weighted by Crippen LogP contribution is 2.05. The Hall–Kier alpha value is -0.450. The van der Waals surface area contributed by atoms with Gasteiger partial charge in [0.1, 0.15) is 0 Å². The minimum atomic E-state index is 0.226. The van der Waals surface area contributed by atoms with Crippen molar-refractivity contribution in [1.82, 2.24) is 9.88 Å². The first-order valence-electron chi connectivity index (χ1n) is 4.57. The molecule has 0 spiro atoms.